The van der Waals surface area contributed by atoms with Gasteiger partial charge in [-0.15, -0.1) is 0 Å². The van der Waals surface area contributed by atoms with Crippen molar-refractivity contribution in [1.29, 1.82) is 0 Å². The van der Waals surface area contributed by atoms with Crippen molar-refractivity contribution in [3.63, 3.8) is 0 Å². The van der Waals surface area contributed by atoms with Gasteiger partial charge in [0.1, 0.15) is 11.6 Å². The molecular weight excluding hydrogens is 502 g/mol. The minimum absolute atomic E-state index is 0.00576. The van der Waals surface area contributed by atoms with Gasteiger partial charge in [-0.1, -0.05) is 54.5 Å². The molecule has 4 atom stereocenters. The van der Waals surface area contributed by atoms with Gasteiger partial charge in [-0.3, -0.25) is 19.2 Å². The van der Waals surface area contributed by atoms with E-state index < -0.39 is 52.8 Å². The van der Waals surface area contributed by atoms with E-state index in [1.165, 1.54) is 12.1 Å². The molecule has 0 saturated heterocycles. The number of ether oxygens (including phenoxy) is 3. The van der Waals surface area contributed by atoms with Crippen LogP contribution >= 0.6 is 0 Å². The van der Waals surface area contributed by atoms with Crippen LogP contribution < -0.4 is 15.2 Å². The lowest BCUT2D eigenvalue weighted by Crippen LogP contribution is -2.52. The molecule has 0 amide bonds. The summed E-state index contributed by atoms with van der Waals surface area (Å²) < 4.78 is 16.7. The number of benzene rings is 1. The fourth-order valence-electron chi connectivity index (χ4n) is 3.41. The van der Waals surface area contributed by atoms with Gasteiger partial charge in [0.25, 0.3) is 0 Å². The highest BCUT2D eigenvalue weighted by molar-refractivity contribution is 5.80. The monoisotopic (exact) mass is 549 g/mol. The molecule has 9 heteroatoms. The number of carbonyl (C=O) groups excluding carboxylic acids is 3. The molecule has 0 aliphatic heterocycles. The fourth-order valence-corrected chi connectivity index (χ4v) is 3.41. The van der Waals surface area contributed by atoms with E-state index in [1.54, 1.807) is 40.7 Å². The lowest BCUT2D eigenvalue weighted by atomic mass is 9.86. The van der Waals surface area contributed by atoms with E-state index in [2.05, 4.69) is 0 Å². The number of carboxylic acid groups (broad SMARTS) is 1. The fraction of sp³-hybridized carbons (Fsp3) is 0.667. The van der Waals surface area contributed by atoms with Crippen LogP contribution in [0.15, 0.2) is 18.2 Å². The van der Waals surface area contributed by atoms with Crippen LogP contribution in [0, 0.1) is 29.1 Å². The quantitative estimate of drug-likeness (QED) is 0.237. The Morgan fingerprint density at radius 3 is 1.79 bits per heavy atom. The van der Waals surface area contributed by atoms with Gasteiger partial charge in [0, 0.05) is 12.8 Å². The zero-order valence-electron chi connectivity index (χ0n) is 25.1. The van der Waals surface area contributed by atoms with Crippen LogP contribution in [-0.2, 0) is 30.3 Å². The van der Waals surface area contributed by atoms with Crippen molar-refractivity contribution in [3.05, 3.63) is 23.8 Å². The summed E-state index contributed by atoms with van der Waals surface area (Å²) in [6, 6.07) is 4.51. The summed E-state index contributed by atoms with van der Waals surface area (Å²) in [5, 5.41) is 10.00. The van der Waals surface area contributed by atoms with Gasteiger partial charge >= 0.3 is 23.9 Å². The maximum absolute atomic E-state index is 12.8. The first kappa shape index (κ1) is 34.1. The minimum Gasteiger partial charge on any atom is -0.480 e. The van der Waals surface area contributed by atoms with E-state index in [4.69, 9.17) is 19.9 Å². The van der Waals surface area contributed by atoms with E-state index in [-0.39, 0.29) is 36.2 Å². The normalized spacial score (nSPS) is 15.7. The van der Waals surface area contributed by atoms with Crippen LogP contribution in [-0.4, -0.2) is 40.6 Å². The Hall–Kier alpha value is -2.94. The zero-order chi connectivity index (χ0) is 30.3. The number of aliphatic carboxylic acids is 1. The smallest absolute Gasteiger partial charge is 0.324 e. The molecule has 1 aromatic carbocycles. The third-order valence-electron chi connectivity index (χ3n) is 7.51. The first-order chi connectivity index (χ1) is 17.8. The van der Waals surface area contributed by atoms with Crippen LogP contribution in [0.4, 0.5) is 0 Å². The molecule has 0 aliphatic rings. The Labute approximate surface area is 232 Å². The summed E-state index contributed by atoms with van der Waals surface area (Å²) in [6.07, 6.45) is -0.487. The third kappa shape index (κ3) is 9.64. The first-order valence-corrected chi connectivity index (χ1v) is 13.6. The second-order valence-electron chi connectivity index (χ2n) is 12.0. The predicted octanol–water partition coefficient (Wildman–Crippen LogP) is 5.16. The van der Waals surface area contributed by atoms with Crippen LogP contribution in [0.25, 0.3) is 0 Å². The molecule has 0 saturated carbocycles. The van der Waals surface area contributed by atoms with E-state index in [0.29, 0.717) is 12.0 Å². The van der Waals surface area contributed by atoms with Crippen LogP contribution in [0.1, 0.15) is 87.6 Å². The second kappa shape index (κ2) is 13.9. The van der Waals surface area contributed by atoms with Gasteiger partial charge in [0.2, 0.25) is 0 Å². The molecule has 220 valence electrons. The van der Waals surface area contributed by atoms with Gasteiger partial charge in [-0.25, -0.2) is 0 Å². The summed E-state index contributed by atoms with van der Waals surface area (Å²) >= 11 is 0. The summed E-state index contributed by atoms with van der Waals surface area (Å²) in [4.78, 5) is 50.1. The number of carboxylic acids is 1. The number of nitrogens with two attached hydrogens (primary N) is 1. The van der Waals surface area contributed by atoms with Crippen molar-refractivity contribution < 1.29 is 38.5 Å². The number of esters is 3. The Morgan fingerprint density at radius 1 is 0.872 bits per heavy atom. The average Bonchev–Trinajstić information content (AvgIpc) is 2.83. The van der Waals surface area contributed by atoms with Crippen LogP contribution in [0.3, 0.4) is 0 Å². The van der Waals surface area contributed by atoms with Crippen molar-refractivity contribution in [2.45, 2.75) is 100 Å². The molecule has 0 aromatic heterocycles. The maximum Gasteiger partial charge on any atom is 0.324 e. The van der Waals surface area contributed by atoms with Gasteiger partial charge in [0.05, 0.1) is 17.3 Å². The van der Waals surface area contributed by atoms with Crippen molar-refractivity contribution >= 4 is 23.9 Å². The molecule has 0 heterocycles. The molecule has 9 nitrogen and oxygen atoms in total. The van der Waals surface area contributed by atoms with E-state index in [9.17, 15) is 24.3 Å². The number of rotatable bonds is 14. The van der Waals surface area contributed by atoms with E-state index >= 15 is 0 Å². The SMILES string of the molecule is CCC(C)(C)C(=O)O[C@@H](C)CC(N)(Cc1ccc(OC(=O)C(C)C(C)C)c(OC(=O)C(C)C(C)C)c1)C(=O)O. The van der Waals surface area contributed by atoms with Crippen molar-refractivity contribution in [2.24, 2.45) is 34.8 Å². The molecule has 0 fully saturated rings. The van der Waals surface area contributed by atoms with Gasteiger partial charge < -0.3 is 25.1 Å². The minimum atomic E-state index is -1.78. The van der Waals surface area contributed by atoms with Crippen LogP contribution in [0.2, 0.25) is 0 Å². The van der Waals surface area contributed by atoms with E-state index in [1.807, 2.05) is 34.6 Å². The second-order valence-corrected chi connectivity index (χ2v) is 12.0. The predicted molar refractivity (Wildman–Crippen MR) is 148 cm³/mol. The summed E-state index contributed by atoms with van der Waals surface area (Å²) in [6.45, 7) is 18.0. The van der Waals surface area contributed by atoms with Crippen molar-refractivity contribution in [3.8, 4) is 11.5 Å². The highest BCUT2D eigenvalue weighted by Crippen LogP contribution is 2.33. The largest absolute Gasteiger partial charge is 0.480 e. The highest BCUT2D eigenvalue weighted by atomic mass is 16.6. The van der Waals surface area contributed by atoms with Gasteiger partial charge in [0.15, 0.2) is 11.5 Å². The lowest BCUT2D eigenvalue weighted by Gasteiger charge is -2.30. The third-order valence-corrected chi connectivity index (χ3v) is 7.51. The molecule has 0 bridgehead atoms. The van der Waals surface area contributed by atoms with Gasteiger partial charge in [-0.05, 0) is 56.7 Å². The molecule has 0 radical (unpaired) electrons. The van der Waals surface area contributed by atoms with Gasteiger partial charge in [-0.2, -0.15) is 0 Å². The van der Waals surface area contributed by atoms with Crippen LogP contribution in [0.5, 0.6) is 11.5 Å². The molecule has 39 heavy (non-hydrogen) atoms. The standard InChI is InChI=1S/C30H47NO8/c1-11-29(9,10)28(36)37-19(6)15-30(31,27(34)35)16-22-12-13-23(38-25(32)20(7)17(2)3)24(14-22)39-26(33)21(8)18(4)5/h12-14,17-21H,11,15-16,31H2,1-10H3,(H,34,35)/t19-,20?,21?,30?/m0/s1. The Bertz CT molecular complexity index is 1030. The first-order valence-electron chi connectivity index (χ1n) is 13.6. The summed E-state index contributed by atoms with van der Waals surface area (Å²) in [5.41, 5.74) is 4.29. The Kier molecular flexibility index (Phi) is 12.2. The number of carbonyl (C=O) groups is 4. The molecule has 1 rings (SSSR count). The summed E-state index contributed by atoms with van der Waals surface area (Å²) in [7, 11) is 0. The molecule has 3 unspecified atom stereocenters. The Morgan fingerprint density at radius 2 is 1.36 bits per heavy atom. The average molecular weight is 550 g/mol. The Balaban J connectivity index is 3.32. The zero-order valence-corrected chi connectivity index (χ0v) is 25.1. The van der Waals surface area contributed by atoms with E-state index in [0.717, 1.165) is 0 Å². The number of hydrogen-bond donors (Lipinski definition) is 2. The molecular formula is C30H47NO8. The summed E-state index contributed by atoms with van der Waals surface area (Å²) in [5.74, 6) is -3.39. The molecule has 3 N–H and O–H groups in total. The van der Waals surface area contributed by atoms with Crippen molar-refractivity contribution in [1.82, 2.24) is 0 Å². The van der Waals surface area contributed by atoms with Crippen molar-refractivity contribution in [2.75, 3.05) is 0 Å². The molecule has 1 aromatic rings. The topological polar surface area (TPSA) is 142 Å². The number of hydrogen-bond acceptors (Lipinski definition) is 8. The highest BCUT2D eigenvalue weighted by Gasteiger charge is 2.38. The molecule has 0 aliphatic carbocycles. The lowest BCUT2D eigenvalue weighted by molar-refractivity contribution is -0.162. The maximum atomic E-state index is 12.8. The molecule has 0 spiro atoms.